The first-order valence-corrected chi connectivity index (χ1v) is 12.0. The fourth-order valence-corrected chi connectivity index (χ4v) is 3.87. The van der Waals surface area contributed by atoms with Crippen LogP contribution >= 0.6 is 0 Å². The van der Waals surface area contributed by atoms with Gasteiger partial charge in [-0.2, -0.15) is 4.98 Å². The Hall–Kier alpha value is -2.19. The van der Waals surface area contributed by atoms with E-state index in [4.69, 9.17) is 15.2 Å². The molecule has 1 fully saturated rings. The van der Waals surface area contributed by atoms with Gasteiger partial charge in [0.15, 0.2) is 6.23 Å². The van der Waals surface area contributed by atoms with Crippen molar-refractivity contribution in [3.8, 4) is 0 Å². The van der Waals surface area contributed by atoms with Gasteiger partial charge >= 0.3 is 11.7 Å². The van der Waals surface area contributed by atoms with Crippen LogP contribution in [0.5, 0.6) is 0 Å². The number of unbranched alkanes of at least 4 members (excludes halogenated alkanes) is 10. The van der Waals surface area contributed by atoms with Crippen molar-refractivity contribution in [3.63, 3.8) is 0 Å². The number of aliphatic hydroxyl groups is 1. The summed E-state index contributed by atoms with van der Waals surface area (Å²) in [5.74, 6) is -0.208. The average Bonchev–Trinajstić information content (AvgIpc) is 3.04. The van der Waals surface area contributed by atoms with E-state index < -0.39 is 24.1 Å². The smallest absolute Gasteiger partial charge is 0.351 e. The number of carbonyl (C=O) groups excluding carboxylic acids is 1. The van der Waals surface area contributed by atoms with Crippen LogP contribution in [0.2, 0.25) is 0 Å². The van der Waals surface area contributed by atoms with Crippen LogP contribution in [0, 0.1) is 0 Å². The molecule has 1 aliphatic heterocycles. The molecule has 2 heterocycles. The zero-order valence-electron chi connectivity index (χ0n) is 19.3. The number of hydrogen-bond acceptors (Lipinski definition) is 7. The number of nitrogen functional groups attached to an aromatic ring is 1. The Morgan fingerprint density at radius 1 is 1.16 bits per heavy atom. The van der Waals surface area contributed by atoms with Crippen LogP contribution < -0.4 is 11.4 Å². The average molecular weight is 450 g/mol. The quantitative estimate of drug-likeness (QED) is 0.237. The van der Waals surface area contributed by atoms with Crippen LogP contribution in [0.1, 0.15) is 90.2 Å². The molecule has 8 nitrogen and oxygen atoms in total. The Bertz CT molecular complexity index is 779. The minimum atomic E-state index is -1.04. The molecule has 3 atom stereocenters. The van der Waals surface area contributed by atoms with Crippen molar-refractivity contribution in [2.45, 2.75) is 102 Å². The van der Waals surface area contributed by atoms with Crippen molar-refractivity contribution in [3.05, 3.63) is 34.9 Å². The second-order valence-electron chi connectivity index (χ2n) is 8.56. The normalized spacial score (nSPS) is 20.6. The van der Waals surface area contributed by atoms with Gasteiger partial charge in [0.2, 0.25) is 0 Å². The van der Waals surface area contributed by atoms with Crippen LogP contribution in [-0.2, 0) is 14.3 Å². The Morgan fingerprint density at radius 3 is 2.34 bits per heavy atom. The van der Waals surface area contributed by atoms with Gasteiger partial charge in [-0.1, -0.05) is 77.7 Å². The minimum Gasteiger partial charge on any atom is -0.463 e. The molecule has 0 saturated carbocycles. The molecule has 1 aromatic heterocycles. The number of esters is 1. The van der Waals surface area contributed by atoms with Crippen molar-refractivity contribution in [2.75, 3.05) is 12.3 Å². The fourth-order valence-electron chi connectivity index (χ4n) is 3.87. The van der Waals surface area contributed by atoms with E-state index >= 15 is 0 Å². The van der Waals surface area contributed by atoms with E-state index in [0.29, 0.717) is 12.0 Å². The summed E-state index contributed by atoms with van der Waals surface area (Å²) >= 11 is 0. The van der Waals surface area contributed by atoms with Crippen molar-refractivity contribution < 1.29 is 19.4 Å². The Kier molecular flexibility index (Phi) is 11.5. The van der Waals surface area contributed by atoms with Gasteiger partial charge in [0.25, 0.3) is 0 Å². The summed E-state index contributed by atoms with van der Waals surface area (Å²) in [5.41, 5.74) is 5.21. The third kappa shape index (κ3) is 8.39. The Balaban J connectivity index is 1.59. The van der Waals surface area contributed by atoms with E-state index in [2.05, 4.69) is 18.5 Å². The van der Waals surface area contributed by atoms with E-state index in [1.807, 2.05) is 0 Å². The molecule has 0 spiro atoms. The molecule has 0 radical (unpaired) electrons. The zero-order valence-corrected chi connectivity index (χ0v) is 19.3. The lowest BCUT2D eigenvalue weighted by Gasteiger charge is -2.15. The van der Waals surface area contributed by atoms with E-state index in [9.17, 15) is 14.7 Å². The maximum atomic E-state index is 12.0. The third-order valence-corrected chi connectivity index (χ3v) is 5.85. The molecule has 8 heteroatoms. The maximum absolute atomic E-state index is 12.0. The lowest BCUT2D eigenvalue weighted by Crippen LogP contribution is -2.29. The molecule has 1 saturated heterocycles. The number of nitrogens with zero attached hydrogens (tertiary/aromatic N) is 2. The lowest BCUT2D eigenvalue weighted by molar-refractivity contribution is -0.150. The fraction of sp³-hybridized carbons (Fsp3) is 0.708. The summed E-state index contributed by atoms with van der Waals surface area (Å²) in [5, 5.41) is 10.3. The molecular weight excluding hydrogens is 410 g/mol. The molecule has 0 unspecified atom stereocenters. The number of anilines is 1. The predicted molar refractivity (Wildman–Crippen MR) is 124 cm³/mol. The second kappa shape index (κ2) is 14.1. The summed E-state index contributed by atoms with van der Waals surface area (Å²) in [6, 6.07) is 1.46. The van der Waals surface area contributed by atoms with E-state index in [1.54, 1.807) is 0 Å². The molecule has 1 aliphatic rings. The number of aliphatic hydroxyl groups excluding tert-OH is 1. The van der Waals surface area contributed by atoms with E-state index in [1.165, 1.54) is 68.2 Å². The highest BCUT2D eigenvalue weighted by molar-refractivity contribution is 5.69. The van der Waals surface area contributed by atoms with Crippen LogP contribution in [0.15, 0.2) is 29.2 Å². The molecule has 0 aliphatic carbocycles. The van der Waals surface area contributed by atoms with Gasteiger partial charge in [-0.15, -0.1) is 0 Å². The maximum Gasteiger partial charge on any atom is 0.351 e. The highest BCUT2D eigenvalue weighted by Crippen LogP contribution is 2.32. The van der Waals surface area contributed by atoms with Crippen LogP contribution in [0.25, 0.3) is 0 Å². The van der Waals surface area contributed by atoms with Crippen molar-refractivity contribution in [1.82, 2.24) is 9.55 Å². The van der Waals surface area contributed by atoms with Gasteiger partial charge < -0.3 is 20.3 Å². The van der Waals surface area contributed by atoms with Gasteiger partial charge in [-0.05, 0) is 12.5 Å². The van der Waals surface area contributed by atoms with E-state index in [-0.39, 0.29) is 18.4 Å². The van der Waals surface area contributed by atoms with Crippen LogP contribution in [0.3, 0.4) is 0 Å². The summed E-state index contributed by atoms with van der Waals surface area (Å²) in [7, 11) is 0. The number of ether oxygens (including phenoxy) is 2. The summed E-state index contributed by atoms with van der Waals surface area (Å²) < 4.78 is 12.2. The summed E-state index contributed by atoms with van der Waals surface area (Å²) in [6.45, 7) is 5.95. The molecule has 32 heavy (non-hydrogen) atoms. The second-order valence-corrected chi connectivity index (χ2v) is 8.56. The summed E-state index contributed by atoms with van der Waals surface area (Å²) in [4.78, 5) is 27.7. The first-order chi connectivity index (χ1) is 15.4. The van der Waals surface area contributed by atoms with Crippen molar-refractivity contribution in [2.24, 2.45) is 0 Å². The topological polar surface area (TPSA) is 117 Å². The minimum absolute atomic E-state index is 0.0926. The standard InChI is InChI=1S/C24H39N3O5/c1-3-4-5-6-7-8-9-10-11-12-13-14-21(28)31-17-19-22(29)18(2)23(32-19)27-16-15-20(25)26-24(27)30/h15-16,19,22-23,29H,2-14,17H2,1H3,(H2,25,26,30)/t19-,22+,23-/m1/s1. The van der Waals surface area contributed by atoms with Gasteiger partial charge in [0.05, 0.1) is 0 Å². The first kappa shape index (κ1) is 26.1. The van der Waals surface area contributed by atoms with Crippen molar-refractivity contribution in [1.29, 1.82) is 0 Å². The number of aromatic nitrogens is 2. The molecule has 0 bridgehead atoms. The van der Waals surface area contributed by atoms with E-state index in [0.717, 1.165) is 19.3 Å². The Morgan fingerprint density at radius 2 is 1.75 bits per heavy atom. The molecule has 180 valence electrons. The lowest BCUT2D eigenvalue weighted by atomic mass is 10.1. The molecule has 2 rings (SSSR count). The highest BCUT2D eigenvalue weighted by Gasteiger charge is 2.39. The van der Waals surface area contributed by atoms with Gasteiger partial charge in [0, 0.05) is 18.2 Å². The molecule has 3 N–H and O–H groups in total. The number of carbonyl (C=O) groups is 1. The van der Waals surface area contributed by atoms with Crippen molar-refractivity contribution >= 4 is 11.8 Å². The third-order valence-electron chi connectivity index (χ3n) is 5.85. The van der Waals surface area contributed by atoms with Gasteiger partial charge in [-0.3, -0.25) is 9.36 Å². The van der Waals surface area contributed by atoms with Crippen LogP contribution in [-0.4, -0.2) is 39.4 Å². The first-order valence-electron chi connectivity index (χ1n) is 12.0. The van der Waals surface area contributed by atoms with Crippen LogP contribution in [0.4, 0.5) is 5.82 Å². The highest BCUT2D eigenvalue weighted by atomic mass is 16.6. The SMILES string of the molecule is C=C1[C@H](n2ccc(N)nc2=O)O[C@H](COC(=O)CCCCCCCCCCCCC)[C@H]1O. The number of nitrogens with two attached hydrogens (primary N) is 1. The van der Waals surface area contributed by atoms with Gasteiger partial charge in [-0.25, -0.2) is 4.79 Å². The van der Waals surface area contributed by atoms with Gasteiger partial charge in [0.1, 0.15) is 24.6 Å². The predicted octanol–water partition coefficient (Wildman–Crippen LogP) is 3.88. The molecule has 0 aromatic carbocycles. The molecular formula is C24H39N3O5. The summed E-state index contributed by atoms with van der Waals surface area (Å²) in [6.07, 6.45) is 12.5. The zero-order chi connectivity index (χ0) is 23.3. The number of rotatable bonds is 15. The largest absolute Gasteiger partial charge is 0.463 e. The number of hydrogen-bond donors (Lipinski definition) is 2. The monoisotopic (exact) mass is 449 g/mol. The Labute approximate surface area is 190 Å². The molecule has 0 amide bonds. The molecule has 1 aromatic rings.